The van der Waals surface area contributed by atoms with Crippen LogP contribution in [0.25, 0.3) is 0 Å². The lowest BCUT2D eigenvalue weighted by molar-refractivity contribution is 0.0950. The zero-order chi connectivity index (χ0) is 14.5. The van der Waals surface area contributed by atoms with Gasteiger partial charge in [0.25, 0.3) is 5.91 Å². The van der Waals surface area contributed by atoms with Crippen molar-refractivity contribution in [3.8, 4) is 5.75 Å². The first-order valence-electron chi connectivity index (χ1n) is 5.97. The number of carbonyl (C=O) groups excluding carboxylic acids is 1. The van der Waals surface area contributed by atoms with Crippen LogP contribution in [0.1, 0.15) is 15.9 Å². The normalized spacial score (nSPS) is 10.2. The molecule has 20 heavy (non-hydrogen) atoms. The molecule has 0 aliphatic heterocycles. The number of hydrogen-bond acceptors (Lipinski definition) is 2. The molecular formula is C15H13ClFNO2. The highest BCUT2D eigenvalue weighted by atomic mass is 35.5. The van der Waals surface area contributed by atoms with Crippen molar-refractivity contribution in [3.05, 3.63) is 64.4 Å². The van der Waals surface area contributed by atoms with Crippen molar-refractivity contribution in [2.45, 2.75) is 6.54 Å². The van der Waals surface area contributed by atoms with Crippen molar-refractivity contribution in [2.75, 3.05) is 7.11 Å². The second kappa shape index (κ2) is 6.39. The Labute approximate surface area is 121 Å². The van der Waals surface area contributed by atoms with Crippen LogP contribution in [0.15, 0.2) is 42.5 Å². The van der Waals surface area contributed by atoms with Crippen molar-refractivity contribution < 1.29 is 13.9 Å². The van der Waals surface area contributed by atoms with Crippen LogP contribution in [0, 0.1) is 5.82 Å². The summed E-state index contributed by atoms with van der Waals surface area (Å²) in [5.74, 6) is -0.171. The fraction of sp³-hybridized carbons (Fsp3) is 0.133. The zero-order valence-corrected chi connectivity index (χ0v) is 11.6. The number of nitrogens with one attached hydrogen (secondary N) is 1. The summed E-state index contributed by atoms with van der Waals surface area (Å²) in [7, 11) is 1.50. The molecule has 0 saturated carbocycles. The average Bonchev–Trinajstić information content (AvgIpc) is 2.46. The van der Waals surface area contributed by atoms with Gasteiger partial charge >= 0.3 is 0 Å². The predicted molar refractivity (Wildman–Crippen MR) is 75.6 cm³/mol. The number of carbonyl (C=O) groups is 1. The molecule has 1 N–H and O–H groups in total. The molecule has 0 heterocycles. The van der Waals surface area contributed by atoms with E-state index >= 15 is 0 Å². The fourth-order valence-corrected chi connectivity index (χ4v) is 1.98. The van der Waals surface area contributed by atoms with E-state index in [1.54, 1.807) is 30.3 Å². The van der Waals surface area contributed by atoms with E-state index in [0.717, 1.165) is 0 Å². The molecule has 0 radical (unpaired) electrons. The van der Waals surface area contributed by atoms with Crippen LogP contribution >= 0.6 is 11.6 Å². The Kier molecular flexibility index (Phi) is 4.58. The van der Waals surface area contributed by atoms with Gasteiger partial charge < -0.3 is 10.1 Å². The summed E-state index contributed by atoms with van der Waals surface area (Å²) in [4.78, 5) is 11.9. The lowest BCUT2D eigenvalue weighted by Gasteiger charge is -2.08. The molecule has 2 aromatic rings. The highest BCUT2D eigenvalue weighted by Gasteiger charge is 2.09. The molecule has 1 amide bonds. The maximum Gasteiger partial charge on any atom is 0.251 e. The molecule has 0 spiro atoms. The topological polar surface area (TPSA) is 38.3 Å². The van der Waals surface area contributed by atoms with Crippen LogP contribution in [0.4, 0.5) is 4.39 Å². The predicted octanol–water partition coefficient (Wildman–Crippen LogP) is 3.42. The van der Waals surface area contributed by atoms with Gasteiger partial charge in [0.1, 0.15) is 11.6 Å². The number of rotatable bonds is 4. The molecule has 0 bridgehead atoms. The number of benzene rings is 2. The maximum absolute atomic E-state index is 13.4. The summed E-state index contributed by atoms with van der Waals surface area (Å²) in [6.07, 6.45) is 0. The number of methoxy groups -OCH3 is 1. The Morgan fingerprint density at radius 3 is 2.70 bits per heavy atom. The molecule has 0 unspecified atom stereocenters. The van der Waals surface area contributed by atoms with Crippen molar-refractivity contribution in [2.24, 2.45) is 0 Å². The highest BCUT2D eigenvalue weighted by Crippen LogP contribution is 2.24. The van der Waals surface area contributed by atoms with Gasteiger partial charge in [0.2, 0.25) is 0 Å². The molecule has 0 aromatic heterocycles. The van der Waals surface area contributed by atoms with Gasteiger partial charge in [-0.25, -0.2) is 4.39 Å². The van der Waals surface area contributed by atoms with Crippen molar-refractivity contribution in [3.63, 3.8) is 0 Å². The lowest BCUT2D eigenvalue weighted by atomic mass is 10.2. The summed E-state index contributed by atoms with van der Waals surface area (Å²) < 4.78 is 18.4. The van der Waals surface area contributed by atoms with Gasteiger partial charge in [-0.05, 0) is 24.3 Å². The number of amides is 1. The Balaban J connectivity index is 2.05. The van der Waals surface area contributed by atoms with Gasteiger partial charge in [-0.2, -0.15) is 0 Å². The molecule has 0 aliphatic carbocycles. The van der Waals surface area contributed by atoms with Gasteiger partial charge in [-0.15, -0.1) is 0 Å². The lowest BCUT2D eigenvalue weighted by Crippen LogP contribution is -2.23. The summed E-state index contributed by atoms with van der Waals surface area (Å²) in [6, 6.07) is 11.0. The van der Waals surface area contributed by atoms with E-state index in [9.17, 15) is 9.18 Å². The van der Waals surface area contributed by atoms with Crippen LogP contribution in [-0.4, -0.2) is 13.0 Å². The summed E-state index contributed by atoms with van der Waals surface area (Å²) in [5, 5.41) is 3.00. The van der Waals surface area contributed by atoms with Gasteiger partial charge in [-0.1, -0.05) is 29.8 Å². The van der Waals surface area contributed by atoms with Gasteiger partial charge in [0.15, 0.2) is 0 Å². The van der Waals surface area contributed by atoms with Crippen molar-refractivity contribution >= 4 is 17.5 Å². The first kappa shape index (κ1) is 14.3. The number of hydrogen-bond donors (Lipinski definition) is 1. The number of ether oxygens (including phenoxy) is 1. The summed E-state index contributed by atoms with van der Waals surface area (Å²) in [6.45, 7) is 0.120. The van der Waals surface area contributed by atoms with Crippen molar-refractivity contribution in [1.82, 2.24) is 5.32 Å². The van der Waals surface area contributed by atoms with E-state index < -0.39 is 0 Å². The quantitative estimate of drug-likeness (QED) is 0.938. The highest BCUT2D eigenvalue weighted by molar-refractivity contribution is 6.32. The van der Waals surface area contributed by atoms with Crippen LogP contribution < -0.4 is 10.1 Å². The molecular weight excluding hydrogens is 281 g/mol. The van der Waals surface area contributed by atoms with E-state index in [0.29, 0.717) is 21.9 Å². The molecule has 0 fully saturated rings. The molecule has 104 valence electrons. The van der Waals surface area contributed by atoms with E-state index in [2.05, 4.69) is 5.32 Å². The molecule has 2 rings (SSSR count). The Bertz CT molecular complexity index is 631. The Morgan fingerprint density at radius 2 is 2.05 bits per heavy atom. The minimum absolute atomic E-state index is 0.120. The first-order valence-corrected chi connectivity index (χ1v) is 6.34. The molecule has 3 nitrogen and oxygen atoms in total. The first-order chi connectivity index (χ1) is 9.61. The third-order valence-electron chi connectivity index (χ3n) is 2.81. The monoisotopic (exact) mass is 293 g/mol. The van der Waals surface area contributed by atoms with E-state index in [1.165, 1.54) is 19.2 Å². The average molecular weight is 294 g/mol. The van der Waals surface area contributed by atoms with E-state index in [4.69, 9.17) is 16.3 Å². The minimum atomic E-state index is -0.347. The van der Waals surface area contributed by atoms with Gasteiger partial charge in [-0.3, -0.25) is 4.79 Å². The second-order valence-electron chi connectivity index (χ2n) is 4.12. The SMILES string of the molecule is COc1ccc(C(=O)NCc2ccccc2F)cc1Cl. The van der Waals surface area contributed by atoms with E-state index in [-0.39, 0.29) is 18.3 Å². The standard InChI is InChI=1S/C15H13ClFNO2/c1-20-14-7-6-10(8-12(14)16)15(19)18-9-11-4-2-3-5-13(11)17/h2-8H,9H2,1H3,(H,18,19). The molecule has 2 aromatic carbocycles. The second-order valence-corrected chi connectivity index (χ2v) is 4.53. The third kappa shape index (κ3) is 3.27. The smallest absolute Gasteiger partial charge is 0.251 e. The number of halogens is 2. The molecule has 0 atom stereocenters. The minimum Gasteiger partial charge on any atom is -0.495 e. The largest absolute Gasteiger partial charge is 0.495 e. The van der Waals surface area contributed by atoms with Crippen LogP contribution in [0.2, 0.25) is 5.02 Å². The van der Waals surface area contributed by atoms with Crippen LogP contribution in [-0.2, 0) is 6.54 Å². The third-order valence-corrected chi connectivity index (χ3v) is 3.11. The molecule has 0 aliphatic rings. The molecule has 5 heteroatoms. The van der Waals surface area contributed by atoms with Gasteiger partial charge in [0, 0.05) is 17.7 Å². The fourth-order valence-electron chi connectivity index (χ4n) is 1.73. The maximum atomic E-state index is 13.4. The van der Waals surface area contributed by atoms with Gasteiger partial charge in [0.05, 0.1) is 12.1 Å². The Morgan fingerprint density at radius 1 is 1.30 bits per heavy atom. The van der Waals surface area contributed by atoms with Crippen LogP contribution in [0.5, 0.6) is 5.75 Å². The van der Waals surface area contributed by atoms with Crippen molar-refractivity contribution in [1.29, 1.82) is 0 Å². The van der Waals surface area contributed by atoms with E-state index in [1.807, 2.05) is 0 Å². The summed E-state index contributed by atoms with van der Waals surface area (Å²) in [5.41, 5.74) is 0.826. The zero-order valence-electron chi connectivity index (χ0n) is 10.8. The molecule has 0 saturated heterocycles. The Hall–Kier alpha value is -2.07. The van der Waals surface area contributed by atoms with Crippen LogP contribution in [0.3, 0.4) is 0 Å². The summed E-state index contributed by atoms with van der Waals surface area (Å²) >= 11 is 5.95.